The smallest absolute Gasteiger partial charge is 0.0657 e. The van der Waals surface area contributed by atoms with Crippen LogP contribution in [-0.2, 0) is 0 Å². The van der Waals surface area contributed by atoms with E-state index in [1.165, 1.54) is 4.70 Å². The van der Waals surface area contributed by atoms with Crippen LogP contribution in [0.15, 0.2) is 23.7 Å². The molecule has 3 nitrogen and oxygen atoms in total. The molecule has 14 heavy (non-hydrogen) atoms. The van der Waals surface area contributed by atoms with E-state index in [1.54, 1.807) is 11.3 Å². The molecule has 0 radical (unpaired) electrons. The molecular formula is C10H9N3S. The lowest BCUT2D eigenvalue weighted by atomic mass is 10.2. The molecule has 0 saturated heterocycles. The molecule has 0 spiro atoms. The van der Waals surface area contributed by atoms with Crippen molar-refractivity contribution in [3.63, 3.8) is 0 Å². The summed E-state index contributed by atoms with van der Waals surface area (Å²) >= 11 is 1.64. The third-order valence-electron chi connectivity index (χ3n) is 2.46. The summed E-state index contributed by atoms with van der Waals surface area (Å²) in [4.78, 5) is 3.17. The Balaban J connectivity index is 2.62. The topological polar surface area (TPSA) is 67.8 Å². The molecule has 1 aromatic carbocycles. The summed E-state index contributed by atoms with van der Waals surface area (Å²) in [7, 11) is 0. The first-order valence-corrected chi connectivity index (χ1v) is 5.17. The number of benzene rings is 1. The maximum atomic E-state index is 5.84. The van der Waals surface area contributed by atoms with Gasteiger partial charge in [-0.25, -0.2) is 0 Å². The van der Waals surface area contributed by atoms with Crippen molar-refractivity contribution >= 4 is 43.7 Å². The van der Waals surface area contributed by atoms with E-state index in [0.717, 1.165) is 27.7 Å². The summed E-state index contributed by atoms with van der Waals surface area (Å²) in [5.74, 6) is 0. The lowest BCUT2D eigenvalue weighted by molar-refractivity contribution is 1.49. The van der Waals surface area contributed by atoms with Gasteiger partial charge in [0, 0.05) is 22.3 Å². The summed E-state index contributed by atoms with van der Waals surface area (Å²) in [6, 6.07) is 4.03. The number of H-pyrrole nitrogens is 1. The minimum Gasteiger partial charge on any atom is -0.398 e. The van der Waals surface area contributed by atoms with Crippen molar-refractivity contribution < 1.29 is 0 Å². The predicted octanol–water partition coefficient (Wildman–Crippen LogP) is 2.55. The Morgan fingerprint density at radius 2 is 1.86 bits per heavy atom. The van der Waals surface area contributed by atoms with Gasteiger partial charge in [0.2, 0.25) is 0 Å². The largest absolute Gasteiger partial charge is 0.398 e. The molecule has 3 rings (SSSR count). The van der Waals surface area contributed by atoms with E-state index in [4.69, 9.17) is 11.5 Å². The monoisotopic (exact) mass is 203 g/mol. The van der Waals surface area contributed by atoms with Gasteiger partial charge in [-0.15, -0.1) is 11.3 Å². The zero-order valence-electron chi connectivity index (χ0n) is 7.37. The summed E-state index contributed by atoms with van der Waals surface area (Å²) in [5, 5.41) is 4.13. The molecular weight excluding hydrogens is 194 g/mol. The number of nitrogens with two attached hydrogens (primary N) is 2. The van der Waals surface area contributed by atoms with Gasteiger partial charge in [0.15, 0.2) is 0 Å². The fraction of sp³-hybridized carbons (Fsp3) is 0. The van der Waals surface area contributed by atoms with Crippen LogP contribution in [0.4, 0.5) is 11.4 Å². The summed E-state index contributed by atoms with van der Waals surface area (Å²) in [6.07, 6.45) is 1.82. The lowest BCUT2D eigenvalue weighted by Gasteiger charge is -1.94. The van der Waals surface area contributed by atoms with Crippen molar-refractivity contribution in [3.8, 4) is 0 Å². The van der Waals surface area contributed by atoms with Gasteiger partial charge in [-0.1, -0.05) is 6.07 Å². The molecule has 0 bridgehead atoms. The van der Waals surface area contributed by atoms with Crippen molar-refractivity contribution in [3.05, 3.63) is 23.7 Å². The van der Waals surface area contributed by atoms with Gasteiger partial charge >= 0.3 is 0 Å². The molecule has 5 N–H and O–H groups in total. The predicted molar refractivity (Wildman–Crippen MR) is 62.5 cm³/mol. The number of thiophene rings is 1. The number of nitrogens with one attached hydrogen (secondary N) is 1. The van der Waals surface area contributed by atoms with Crippen molar-refractivity contribution in [1.29, 1.82) is 0 Å². The van der Waals surface area contributed by atoms with Gasteiger partial charge in [-0.05, 0) is 6.07 Å². The van der Waals surface area contributed by atoms with E-state index in [-0.39, 0.29) is 0 Å². The van der Waals surface area contributed by atoms with Gasteiger partial charge in [0.1, 0.15) is 0 Å². The van der Waals surface area contributed by atoms with Gasteiger partial charge in [0.05, 0.1) is 21.6 Å². The molecule has 70 valence electrons. The third-order valence-corrected chi connectivity index (χ3v) is 3.49. The van der Waals surface area contributed by atoms with Crippen LogP contribution in [0.2, 0.25) is 0 Å². The molecule has 2 heterocycles. The number of hydrogen-bond acceptors (Lipinski definition) is 3. The van der Waals surface area contributed by atoms with Crippen LogP contribution in [0.25, 0.3) is 21.0 Å². The van der Waals surface area contributed by atoms with E-state index in [0.29, 0.717) is 0 Å². The Labute approximate surface area is 84.3 Å². The Kier molecular flexibility index (Phi) is 1.33. The molecule has 0 fully saturated rings. The molecule has 2 aromatic heterocycles. The number of anilines is 2. The van der Waals surface area contributed by atoms with Crippen molar-refractivity contribution in [2.75, 3.05) is 11.5 Å². The van der Waals surface area contributed by atoms with Crippen LogP contribution in [0.3, 0.4) is 0 Å². The fourth-order valence-electron chi connectivity index (χ4n) is 1.73. The Hall–Kier alpha value is -1.68. The number of fused-ring (bicyclic) bond motifs is 3. The third kappa shape index (κ3) is 0.807. The number of aromatic amines is 1. The quantitative estimate of drug-likeness (QED) is 0.525. The zero-order valence-corrected chi connectivity index (χ0v) is 8.19. The summed E-state index contributed by atoms with van der Waals surface area (Å²) in [5.41, 5.74) is 14.4. The fourth-order valence-corrected chi connectivity index (χ4v) is 2.70. The average Bonchev–Trinajstić information content (AvgIpc) is 2.72. The highest BCUT2D eigenvalue weighted by Crippen LogP contribution is 2.35. The molecule has 0 unspecified atom stereocenters. The average molecular weight is 203 g/mol. The number of rotatable bonds is 0. The molecule has 3 aromatic rings. The highest BCUT2D eigenvalue weighted by Gasteiger charge is 2.07. The van der Waals surface area contributed by atoms with E-state index < -0.39 is 0 Å². The molecule has 0 aliphatic rings. The number of nitrogen functional groups attached to an aromatic ring is 2. The second-order valence-electron chi connectivity index (χ2n) is 3.30. The first-order chi connectivity index (χ1) is 6.77. The van der Waals surface area contributed by atoms with Gasteiger partial charge < -0.3 is 16.5 Å². The first kappa shape index (κ1) is 7.70. The molecule has 0 atom stereocenters. The Morgan fingerprint density at radius 3 is 2.71 bits per heavy atom. The van der Waals surface area contributed by atoms with Gasteiger partial charge in [0.25, 0.3) is 0 Å². The van der Waals surface area contributed by atoms with Crippen molar-refractivity contribution in [2.45, 2.75) is 0 Å². The van der Waals surface area contributed by atoms with Crippen molar-refractivity contribution in [2.24, 2.45) is 0 Å². The standard InChI is InChI=1S/C10H9N3S/c11-7-3-13-9-5(7)1-2-6-8(12)4-14-10(6)9/h1-4,13H,11-12H2. The second kappa shape index (κ2) is 2.42. The van der Waals surface area contributed by atoms with Gasteiger partial charge in [-0.3, -0.25) is 0 Å². The molecule has 0 aliphatic carbocycles. The summed E-state index contributed by atoms with van der Waals surface area (Å²) in [6.45, 7) is 0. The van der Waals surface area contributed by atoms with Crippen LogP contribution in [0.5, 0.6) is 0 Å². The zero-order chi connectivity index (χ0) is 9.71. The van der Waals surface area contributed by atoms with Crippen LogP contribution in [-0.4, -0.2) is 4.98 Å². The van der Waals surface area contributed by atoms with Crippen LogP contribution < -0.4 is 11.5 Å². The lowest BCUT2D eigenvalue weighted by Crippen LogP contribution is -1.81. The Morgan fingerprint density at radius 1 is 1.07 bits per heavy atom. The Bertz CT molecular complexity index is 565. The van der Waals surface area contributed by atoms with E-state index in [9.17, 15) is 0 Å². The minimum atomic E-state index is 0.786. The number of hydrogen-bond donors (Lipinski definition) is 3. The number of aromatic nitrogens is 1. The van der Waals surface area contributed by atoms with E-state index in [2.05, 4.69) is 4.98 Å². The normalized spacial score (nSPS) is 11.4. The van der Waals surface area contributed by atoms with Crippen LogP contribution in [0, 0.1) is 0 Å². The maximum absolute atomic E-state index is 5.84. The maximum Gasteiger partial charge on any atom is 0.0657 e. The van der Waals surface area contributed by atoms with E-state index in [1.807, 2.05) is 23.7 Å². The highest BCUT2D eigenvalue weighted by atomic mass is 32.1. The van der Waals surface area contributed by atoms with Crippen molar-refractivity contribution in [1.82, 2.24) is 4.98 Å². The molecule has 0 saturated carbocycles. The molecule has 0 amide bonds. The first-order valence-electron chi connectivity index (χ1n) is 4.29. The van der Waals surface area contributed by atoms with Gasteiger partial charge in [-0.2, -0.15) is 0 Å². The van der Waals surface area contributed by atoms with Crippen LogP contribution in [0.1, 0.15) is 0 Å². The molecule has 0 aliphatic heterocycles. The SMILES string of the molecule is Nc1c[nH]c2c1ccc1c(N)csc12. The second-order valence-corrected chi connectivity index (χ2v) is 4.18. The molecule has 4 heteroatoms. The highest BCUT2D eigenvalue weighted by molar-refractivity contribution is 7.18. The minimum absolute atomic E-state index is 0.786. The summed E-state index contributed by atoms with van der Waals surface area (Å²) < 4.78 is 1.18. The van der Waals surface area contributed by atoms with E-state index >= 15 is 0 Å². The van der Waals surface area contributed by atoms with Crippen LogP contribution >= 0.6 is 11.3 Å².